The minimum atomic E-state index is -0.516. The summed E-state index contributed by atoms with van der Waals surface area (Å²) in [5.74, 6) is -0.484. The summed E-state index contributed by atoms with van der Waals surface area (Å²) >= 11 is 17.6. The second-order valence-corrected chi connectivity index (χ2v) is 5.44. The molecule has 1 unspecified atom stereocenters. The molecule has 0 aliphatic rings. The van der Waals surface area contributed by atoms with Gasteiger partial charge in [0, 0.05) is 21.7 Å². The second kappa shape index (κ2) is 6.10. The molecule has 0 saturated carbocycles. The first-order valence-electron chi connectivity index (χ1n) is 5.62. The van der Waals surface area contributed by atoms with Gasteiger partial charge < -0.3 is 5.73 Å². The number of halogens is 4. The molecule has 0 bridgehead atoms. The summed E-state index contributed by atoms with van der Waals surface area (Å²) in [4.78, 5) is 0. The lowest BCUT2D eigenvalue weighted by atomic mass is 9.99. The minimum absolute atomic E-state index is 0.0650. The standard InChI is InChI=1S/C14H11Cl3FN/c15-9-5-4-8(12(17)7-9)6-13(19)10-2-1-3-11(16)14(10)18/h1-5,7,13H,6,19H2. The van der Waals surface area contributed by atoms with Crippen LogP contribution in [0.15, 0.2) is 36.4 Å². The van der Waals surface area contributed by atoms with Gasteiger partial charge in [0.25, 0.3) is 0 Å². The van der Waals surface area contributed by atoms with Gasteiger partial charge in [-0.05, 0) is 30.2 Å². The fourth-order valence-electron chi connectivity index (χ4n) is 1.84. The van der Waals surface area contributed by atoms with Crippen LogP contribution in [0.1, 0.15) is 17.2 Å². The maximum Gasteiger partial charge on any atom is 0.146 e. The van der Waals surface area contributed by atoms with Crippen molar-refractivity contribution >= 4 is 34.8 Å². The van der Waals surface area contributed by atoms with E-state index in [0.29, 0.717) is 22.0 Å². The van der Waals surface area contributed by atoms with E-state index in [1.54, 1.807) is 30.3 Å². The van der Waals surface area contributed by atoms with Crippen LogP contribution in [0.3, 0.4) is 0 Å². The number of rotatable bonds is 3. The Balaban J connectivity index is 2.25. The van der Waals surface area contributed by atoms with Crippen molar-refractivity contribution in [3.8, 4) is 0 Å². The molecule has 1 atom stereocenters. The highest BCUT2D eigenvalue weighted by molar-refractivity contribution is 6.35. The van der Waals surface area contributed by atoms with E-state index < -0.39 is 11.9 Å². The zero-order valence-corrected chi connectivity index (χ0v) is 12.1. The van der Waals surface area contributed by atoms with Crippen LogP contribution >= 0.6 is 34.8 Å². The SMILES string of the molecule is NC(Cc1ccc(Cl)cc1Cl)c1cccc(Cl)c1F. The topological polar surface area (TPSA) is 26.0 Å². The Labute approximate surface area is 126 Å². The molecule has 2 aromatic rings. The second-order valence-electron chi connectivity index (χ2n) is 4.19. The van der Waals surface area contributed by atoms with Gasteiger partial charge in [-0.25, -0.2) is 4.39 Å². The molecule has 0 radical (unpaired) electrons. The van der Waals surface area contributed by atoms with E-state index in [9.17, 15) is 4.39 Å². The van der Waals surface area contributed by atoms with Crippen LogP contribution in [0.2, 0.25) is 15.1 Å². The summed E-state index contributed by atoms with van der Waals surface area (Å²) in [6.07, 6.45) is 0.410. The first-order valence-corrected chi connectivity index (χ1v) is 6.76. The zero-order chi connectivity index (χ0) is 14.0. The van der Waals surface area contributed by atoms with Crippen LogP contribution in [-0.4, -0.2) is 0 Å². The van der Waals surface area contributed by atoms with E-state index in [4.69, 9.17) is 40.5 Å². The number of nitrogens with two attached hydrogens (primary N) is 1. The van der Waals surface area contributed by atoms with Gasteiger partial charge in [0.15, 0.2) is 0 Å². The van der Waals surface area contributed by atoms with Crippen molar-refractivity contribution in [3.63, 3.8) is 0 Å². The smallest absolute Gasteiger partial charge is 0.146 e. The van der Waals surface area contributed by atoms with Crippen LogP contribution in [0.25, 0.3) is 0 Å². The number of benzene rings is 2. The van der Waals surface area contributed by atoms with E-state index in [0.717, 1.165) is 5.56 Å². The molecule has 2 rings (SSSR count). The highest BCUT2D eigenvalue weighted by Gasteiger charge is 2.15. The summed E-state index contributed by atoms with van der Waals surface area (Å²) in [5, 5.41) is 1.14. The van der Waals surface area contributed by atoms with Crippen molar-refractivity contribution in [2.75, 3.05) is 0 Å². The third-order valence-electron chi connectivity index (χ3n) is 2.84. The molecule has 100 valence electrons. The van der Waals surface area contributed by atoms with Gasteiger partial charge in [0.2, 0.25) is 0 Å². The van der Waals surface area contributed by atoms with E-state index in [1.807, 2.05) is 0 Å². The monoisotopic (exact) mass is 317 g/mol. The maximum absolute atomic E-state index is 13.9. The number of hydrogen-bond donors (Lipinski definition) is 1. The predicted octanol–water partition coefficient (Wildman–Crippen LogP) is 5.03. The molecule has 2 N–H and O–H groups in total. The van der Waals surface area contributed by atoms with Gasteiger partial charge in [-0.3, -0.25) is 0 Å². The van der Waals surface area contributed by atoms with Crippen molar-refractivity contribution in [1.82, 2.24) is 0 Å². The summed E-state index contributed by atoms with van der Waals surface area (Å²) < 4.78 is 13.9. The lowest BCUT2D eigenvalue weighted by molar-refractivity contribution is 0.581. The average molecular weight is 319 g/mol. The molecule has 0 aromatic heterocycles. The lowest BCUT2D eigenvalue weighted by Crippen LogP contribution is -2.15. The molecule has 0 spiro atoms. The Kier molecular flexibility index (Phi) is 4.69. The van der Waals surface area contributed by atoms with Crippen LogP contribution in [0.4, 0.5) is 4.39 Å². The summed E-state index contributed by atoms with van der Waals surface area (Å²) in [6.45, 7) is 0. The quantitative estimate of drug-likeness (QED) is 0.844. The first kappa shape index (κ1) is 14.6. The Morgan fingerprint density at radius 3 is 2.47 bits per heavy atom. The molecule has 19 heavy (non-hydrogen) atoms. The molecule has 5 heteroatoms. The molecule has 0 aliphatic heterocycles. The molecule has 0 fully saturated rings. The Hall–Kier alpha value is -0.800. The van der Waals surface area contributed by atoms with Crippen LogP contribution in [0.5, 0.6) is 0 Å². The Bertz CT molecular complexity index is 601. The number of hydrogen-bond acceptors (Lipinski definition) is 1. The summed E-state index contributed by atoms with van der Waals surface area (Å²) in [7, 11) is 0. The highest BCUT2D eigenvalue weighted by Crippen LogP contribution is 2.28. The zero-order valence-electron chi connectivity index (χ0n) is 9.84. The molecule has 0 aliphatic carbocycles. The fourth-order valence-corrected chi connectivity index (χ4v) is 2.51. The van der Waals surface area contributed by atoms with E-state index in [1.165, 1.54) is 6.07 Å². The van der Waals surface area contributed by atoms with Crippen molar-refractivity contribution in [2.24, 2.45) is 5.73 Å². The van der Waals surface area contributed by atoms with Gasteiger partial charge in [0.1, 0.15) is 5.82 Å². The minimum Gasteiger partial charge on any atom is -0.324 e. The van der Waals surface area contributed by atoms with Gasteiger partial charge in [-0.1, -0.05) is 53.0 Å². The molecular weight excluding hydrogens is 308 g/mol. The van der Waals surface area contributed by atoms with Gasteiger partial charge in [-0.2, -0.15) is 0 Å². The summed E-state index contributed by atoms with van der Waals surface area (Å²) in [5.41, 5.74) is 7.20. The van der Waals surface area contributed by atoms with E-state index in [2.05, 4.69) is 0 Å². The Morgan fingerprint density at radius 2 is 1.79 bits per heavy atom. The van der Waals surface area contributed by atoms with E-state index >= 15 is 0 Å². The molecule has 0 saturated heterocycles. The van der Waals surface area contributed by atoms with Gasteiger partial charge >= 0.3 is 0 Å². The lowest BCUT2D eigenvalue weighted by Gasteiger charge is -2.14. The maximum atomic E-state index is 13.9. The molecule has 0 amide bonds. The van der Waals surface area contributed by atoms with Crippen LogP contribution < -0.4 is 5.73 Å². The molecule has 2 aromatic carbocycles. The Morgan fingerprint density at radius 1 is 1.05 bits per heavy atom. The normalized spacial score (nSPS) is 12.5. The van der Waals surface area contributed by atoms with Crippen molar-refractivity contribution in [3.05, 3.63) is 68.4 Å². The van der Waals surface area contributed by atoms with Crippen LogP contribution in [-0.2, 0) is 6.42 Å². The largest absolute Gasteiger partial charge is 0.324 e. The van der Waals surface area contributed by atoms with Gasteiger partial charge in [-0.15, -0.1) is 0 Å². The average Bonchev–Trinajstić information content (AvgIpc) is 2.36. The third kappa shape index (κ3) is 3.40. The van der Waals surface area contributed by atoms with E-state index in [-0.39, 0.29) is 5.02 Å². The van der Waals surface area contributed by atoms with Crippen molar-refractivity contribution in [1.29, 1.82) is 0 Å². The fraction of sp³-hybridized carbons (Fsp3) is 0.143. The molecular formula is C14H11Cl3FN. The van der Waals surface area contributed by atoms with Crippen molar-refractivity contribution < 1.29 is 4.39 Å². The third-order valence-corrected chi connectivity index (χ3v) is 3.71. The molecule has 1 nitrogen and oxygen atoms in total. The predicted molar refractivity (Wildman–Crippen MR) is 78.5 cm³/mol. The summed E-state index contributed by atoms with van der Waals surface area (Å²) in [6, 6.07) is 9.41. The first-order chi connectivity index (χ1) is 8.99. The molecule has 0 heterocycles. The highest BCUT2D eigenvalue weighted by atomic mass is 35.5. The van der Waals surface area contributed by atoms with Crippen molar-refractivity contribution in [2.45, 2.75) is 12.5 Å². The van der Waals surface area contributed by atoms with Crippen LogP contribution in [0, 0.1) is 5.82 Å². The van der Waals surface area contributed by atoms with Gasteiger partial charge in [0.05, 0.1) is 5.02 Å².